The third-order valence-corrected chi connectivity index (χ3v) is 4.50. The van der Waals surface area contributed by atoms with Crippen LogP contribution in [0.3, 0.4) is 0 Å². The number of aliphatic hydroxyl groups excluding tert-OH is 1. The number of alkyl carbamates (subject to hydrolysis) is 1. The number of halogens is 1. The lowest BCUT2D eigenvalue weighted by molar-refractivity contribution is 0.121. The van der Waals surface area contributed by atoms with E-state index in [9.17, 15) is 9.90 Å². The fraction of sp³-hybridized carbons (Fsp3) is 0.333. The van der Waals surface area contributed by atoms with Gasteiger partial charge in [-0.2, -0.15) is 0 Å². The van der Waals surface area contributed by atoms with Crippen molar-refractivity contribution in [2.45, 2.75) is 45.6 Å². The van der Waals surface area contributed by atoms with Gasteiger partial charge in [0, 0.05) is 16.8 Å². The Kier molecular flexibility index (Phi) is 5.63. The quantitative estimate of drug-likeness (QED) is 0.775. The number of ether oxygens (including phenoxy) is 1. The number of carbonyl (C=O) groups excluding carboxylic acids is 1. The lowest BCUT2D eigenvalue weighted by atomic mass is 10.1. The van der Waals surface area contributed by atoms with Crippen LogP contribution in [0.2, 0.25) is 5.02 Å². The summed E-state index contributed by atoms with van der Waals surface area (Å²) in [6.45, 7) is 7.33. The molecule has 0 unspecified atom stereocenters. The molecule has 28 heavy (non-hydrogen) atoms. The fourth-order valence-corrected chi connectivity index (χ4v) is 3.28. The Morgan fingerprint density at radius 3 is 2.54 bits per heavy atom. The molecule has 1 amide bonds. The average Bonchev–Trinajstić information content (AvgIpc) is 2.60. The van der Waals surface area contributed by atoms with Crippen LogP contribution in [-0.2, 0) is 4.74 Å². The number of nitrogens with zero attached hydrogens (tertiary/aromatic N) is 2. The summed E-state index contributed by atoms with van der Waals surface area (Å²) in [5.41, 5.74) is 1.35. The van der Waals surface area contributed by atoms with Gasteiger partial charge in [-0.15, -0.1) is 0 Å². The van der Waals surface area contributed by atoms with Crippen LogP contribution in [0, 0.1) is 0 Å². The van der Waals surface area contributed by atoms with Crippen LogP contribution in [0.15, 0.2) is 53.5 Å². The molecule has 0 bridgehead atoms. The molecule has 2 atom stereocenters. The van der Waals surface area contributed by atoms with Crippen molar-refractivity contribution in [2.24, 2.45) is 4.99 Å². The van der Waals surface area contributed by atoms with Crippen molar-refractivity contribution >= 4 is 34.9 Å². The first-order valence-electron chi connectivity index (χ1n) is 9.05. The maximum absolute atomic E-state index is 12.2. The third kappa shape index (κ3) is 4.29. The van der Waals surface area contributed by atoms with Crippen molar-refractivity contribution < 1.29 is 14.6 Å². The van der Waals surface area contributed by atoms with Crippen molar-refractivity contribution in [3.8, 4) is 0 Å². The van der Waals surface area contributed by atoms with Gasteiger partial charge in [-0.25, -0.2) is 9.79 Å². The summed E-state index contributed by atoms with van der Waals surface area (Å²) in [6, 6.07) is 14.6. The van der Waals surface area contributed by atoms with E-state index in [2.05, 4.69) is 10.3 Å². The molecule has 1 aliphatic heterocycles. The van der Waals surface area contributed by atoms with Gasteiger partial charge in [-0.3, -0.25) is 4.90 Å². The van der Waals surface area contributed by atoms with Crippen molar-refractivity contribution in [1.82, 2.24) is 5.32 Å². The highest BCUT2D eigenvalue weighted by molar-refractivity contribution is 6.32. The third-order valence-electron chi connectivity index (χ3n) is 4.17. The van der Waals surface area contributed by atoms with Crippen molar-refractivity contribution in [2.75, 3.05) is 4.90 Å². The maximum atomic E-state index is 12.2. The molecule has 0 radical (unpaired) electrons. The lowest BCUT2D eigenvalue weighted by Gasteiger charge is -2.37. The zero-order valence-corrected chi connectivity index (χ0v) is 17.1. The molecule has 3 rings (SSSR count). The number of anilines is 1. The van der Waals surface area contributed by atoms with Crippen molar-refractivity contribution in [3.63, 3.8) is 0 Å². The highest BCUT2D eigenvalue weighted by Crippen LogP contribution is 2.40. The number of aliphatic hydroxyl groups is 1. The van der Waals surface area contributed by atoms with Gasteiger partial charge in [0.2, 0.25) is 0 Å². The largest absolute Gasteiger partial charge is 0.438 e. The summed E-state index contributed by atoms with van der Waals surface area (Å²) in [5.74, 6) is 0.414. The van der Waals surface area contributed by atoms with Gasteiger partial charge < -0.3 is 15.2 Å². The molecule has 148 valence electrons. The van der Waals surface area contributed by atoms with Crippen LogP contribution in [-0.4, -0.2) is 28.7 Å². The molecule has 0 aromatic heterocycles. The molecule has 0 spiro atoms. The van der Waals surface area contributed by atoms with Crippen LogP contribution in [0.25, 0.3) is 0 Å². The van der Waals surface area contributed by atoms with Crippen molar-refractivity contribution in [1.29, 1.82) is 0 Å². The second kappa shape index (κ2) is 7.81. The Labute approximate surface area is 169 Å². The van der Waals surface area contributed by atoms with Gasteiger partial charge in [-0.05, 0) is 52.0 Å². The number of fused-ring (bicyclic) bond motifs is 1. The second-order valence-electron chi connectivity index (χ2n) is 7.64. The standard InChI is InChI=1S/C21H24ClN3O3/c1-13(28-20(27)24-21(2,3)4)18-23-16-12-8-11-15(22)17(16)19(26)25(18)14-9-6-5-7-10-14/h5-13,19,26H,1-4H3,(H,24,27)/t13-,19-/m0/s1. The minimum absolute atomic E-state index is 0.414. The number of carbonyl (C=O) groups is 1. The molecule has 0 saturated carbocycles. The average molecular weight is 402 g/mol. The maximum Gasteiger partial charge on any atom is 0.408 e. The number of benzene rings is 2. The molecule has 1 heterocycles. The van der Waals surface area contributed by atoms with Crippen LogP contribution >= 0.6 is 11.6 Å². The predicted molar refractivity (Wildman–Crippen MR) is 111 cm³/mol. The number of amides is 1. The molecule has 2 N–H and O–H groups in total. The van der Waals surface area contributed by atoms with Gasteiger partial charge in [0.15, 0.2) is 18.2 Å². The molecular weight excluding hydrogens is 378 g/mol. The molecule has 2 aromatic carbocycles. The number of amidine groups is 1. The van der Waals surface area contributed by atoms with E-state index in [-0.39, 0.29) is 0 Å². The zero-order valence-electron chi connectivity index (χ0n) is 16.3. The number of nitrogens with one attached hydrogen (secondary N) is 1. The Hall–Kier alpha value is -2.57. The Bertz CT molecular complexity index is 894. The number of hydrogen-bond donors (Lipinski definition) is 2. The second-order valence-corrected chi connectivity index (χ2v) is 8.05. The van der Waals surface area contributed by atoms with Gasteiger partial charge >= 0.3 is 6.09 Å². The Morgan fingerprint density at radius 2 is 1.89 bits per heavy atom. The van der Waals surface area contributed by atoms with E-state index < -0.39 is 24.0 Å². The van der Waals surface area contributed by atoms with Gasteiger partial charge in [0.25, 0.3) is 0 Å². The van der Waals surface area contributed by atoms with E-state index in [4.69, 9.17) is 16.3 Å². The number of rotatable bonds is 3. The van der Waals surface area contributed by atoms with Crippen LogP contribution in [0.1, 0.15) is 39.5 Å². The summed E-state index contributed by atoms with van der Waals surface area (Å²) in [5, 5.41) is 14.3. The smallest absolute Gasteiger partial charge is 0.408 e. The van der Waals surface area contributed by atoms with Gasteiger partial charge in [-0.1, -0.05) is 35.9 Å². The van der Waals surface area contributed by atoms with Crippen LogP contribution in [0.4, 0.5) is 16.2 Å². The van der Waals surface area contributed by atoms with Crippen LogP contribution < -0.4 is 10.2 Å². The number of aliphatic imine (C=N–C) groups is 1. The van der Waals surface area contributed by atoms with E-state index in [0.717, 1.165) is 0 Å². The number of para-hydroxylation sites is 1. The number of hydrogen-bond acceptors (Lipinski definition) is 5. The molecule has 0 aliphatic carbocycles. The summed E-state index contributed by atoms with van der Waals surface area (Å²) in [6.07, 6.45) is -2.32. The van der Waals surface area contributed by atoms with Crippen LogP contribution in [0.5, 0.6) is 0 Å². The highest BCUT2D eigenvalue weighted by Gasteiger charge is 2.35. The minimum atomic E-state index is -1.06. The molecule has 6 nitrogen and oxygen atoms in total. The molecule has 2 aromatic rings. The minimum Gasteiger partial charge on any atom is -0.438 e. The fourth-order valence-electron chi connectivity index (χ4n) is 3.01. The van der Waals surface area contributed by atoms with E-state index in [0.29, 0.717) is 27.8 Å². The molecule has 0 saturated heterocycles. The summed E-state index contributed by atoms with van der Waals surface area (Å²) >= 11 is 6.32. The monoisotopic (exact) mass is 401 g/mol. The van der Waals surface area contributed by atoms with Gasteiger partial charge in [0.05, 0.1) is 10.7 Å². The first-order valence-corrected chi connectivity index (χ1v) is 9.43. The van der Waals surface area contributed by atoms with E-state index in [1.54, 1.807) is 30.0 Å². The molecule has 1 aliphatic rings. The van der Waals surface area contributed by atoms with Gasteiger partial charge in [0.1, 0.15) is 0 Å². The highest BCUT2D eigenvalue weighted by atomic mass is 35.5. The molecular formula is C21H24ClN3O3. The van der Waals surface area contributed by atoms with E-state index >= 15 is 0 Å². The summed E-state index contributed by atoms with van der Waals surface area (Å²) in [4.78, 5) is 18.5. The normalized spacial score (nSPS) is 17.4. The Balaban J connectivity index is 2.00. The molecule has 7 heteroatoms. The lowest BCUT2D eigenvalue weighted by Crippen LogP contribution is -2.47. The predicted octanol–water partition coefficient (Wildman–Crippen LogP) is 4.79. The SMILES string of the molecule is C[C@H](OC(=O)NC(C)(C)C)C1=Nc2cccc(Cl)c2[C@H](O)N1c1ccccc1. The Morgan fingerprint density at radius 1 is 1.21 bits per heavy atom. The summed E-state index contributed by atoms with van der Waals surface area (Å²) in [7, 11) is 0. The van der Waals surface area contributed by atoms with E-state index in [1.165, 1.54) is 0 Å². The first-order chi connectivity index (χ1) is 13.2. The summed E-state index contributed by atoms with van der Waals surface area (Å²) < 4.78 is 5.54. The van der Waals surface area contributed by atoms with E-state index in [1.807, 2.05) is 51.1 Å². The van der Waals surface area contributed by atoms with Crippen molar-refractivity contribution in [3.05, 3.63) is 59.1 Å². The first kappa shape index (κ1) is 20.2. The zero-order chi connectivity index (χ0) is 20.5. The topological polar surface area (TPSA) is 74.2 Å². The molecule has 0 fully saturated rings.